The Morgan fingerprint density at radius 1 is 1.09 bits per heavy atom. The van der Waals surface area contributed by atoms with Gasteiger partial charge >= 0.3 is 5.69 Å². The number of amides is 1. The topological polar surface area (TPSA) is 104 Å². The molecule has 172 valence electrons. The van der Waals surface area contributed by atoms with Crippen molar-refractivity contribution in [2.75, 3.05) is 6.61 Å². The molecule has 7 nitrogen and oxygen atoms in total. The number of phenols is 1. The molecule has 3 aromatic rings. The molecule has 1 saturated carbocycles. The molecule has 1 heterocycles. The average molecular weight is 448 g/mol. The predicted molar refractivity (Wildman–Crippen MR) is 127 cm³/mol. The molecular weight excluding hydrogens is 418 g/mol. The van der Waals surface area contributed by atoms with Crippen molar-refractivity contribution in [3.05, 3.63) is 64.6 Å². The molecule has 3 N–H and O–H groups in total. The zero-order valence-corrected chi connectivity index (χ0v) is 18.8. The van der Waals surface area contributed by atoms with Gasteiger partial charge in [-0.3, -0.25) is 4.79 Å². The second-order valence-corrected chi connectivity index (χ2v) is 8.56. The fourth-order valence-corrected chi connectivity index (χ4v) is 4.17. The van der Waals surface area contributed by atoms with Gasteiger partial charge in [0.05, 0.1) is 11.4 Å². The number of carbonyl (C=O) groups excluding carboxylic acids is 1. The average Bonchev–Trinajstić information content (AvgIpc) is 3.08. The molecule has 7 heteroatoms. The lowest BCUT2D eigenvalue weighted by molar-refractivity contribution is -0.123. The van der Waals surface area contributed by atoms with Crippen LogP contribution >= 0.6 is 0 Å². The lowest BCUT2D eigenvalue weighted by Crippen LogP contribution is -2.37. The number of aromatic nitrogens is 2. The number of aryl methyl sites for hydroxylation is 1. The Kier molecular flexibility index (Phi) is 7.07. The summed E-state index contributed by atoms with van der Waals surface area (Å²) in [6, 6.07) is 14.4. The van der Waals surface area contributed by atoms with Crippen LogP contribution in [0.4, 0.5) is 0 Å². The number of H-pyrrole nitrogens is 1. The summed E-state index contributed by atoms with van der Waals surface area (Å²) < 4.78 is 5.73. The van der Waals surface area contributed by atoms with Crippen molar-refractivity contribution >= 4 is 5.91 Å². The highest BCUT2D eigenvalue weighted by atomic mass is 16.5. The van der Waals surface area contributed by atoms with Crippen LogP contribution in [0.1, 0.15) is 44.1 Å². The van der Waals surface area contributed by atoms with E-state index in [2.05, 4.69) is 15.3 Å². The van der Waals surface area contributed by atoms with Crippen LogP contribution in [-0.4, -0.2) is 33.6 Å². The van der Waals surface area contributed by atoms with E-state index >= 15 is 0 Å². The Bertz CT molecular complexity index is 1180. The molecule has 1 amide bonds. The van der Waals surface area contributed by atoms with Crippen LogP contribution in [0.3, 0.4) is 0 Å². The zero-order chi connectivity index (χ0) is 23.2. The fourth-order valence-electron chi connectivity index (χ4n) is 4.17. The minimum absolute atomic E-state index is 0.0507. The smallest absolute Gasteiger partial charge is 0.345 e. The third-order valence-electron chi connectivity index (χ3n) is 5.97. The summed E-state index contributed by atoms with van der Waals surface area (Å²) in [5.74, 6) is 0.620. The van der Waals surface area contributed by atoms with E-state index in [4.69, 9.17) is 4.74 Å². The minimum Gasteiger partial charge on any atom is -0.508 e. The molecule has 0 radical (unpaired) electrons. The Balaban J connectivity index is 1.47. The quantitative estimate of drug-likeness (QED) is 0.488. The summed E-state index contributed by atoms with van der Waals surface area (Å²) in [5.41, 5.74) is 2.80. The van der Waals surface area contributed by atoms with Gasteiger partial charge in [0.15, 0.2) is 6.61 Å². The number of carbonyl (C=O) groups is 1. The van der Waals surface area contributed by atoms with Gasteiger partial charge in [-0.2, -0.15) is 4.98 Å². The van der Waals surface area contributed by atoms with Gasteiger partial charge in [0, 0.05) is 17.2 Å². The standard InChI is InChI=1S/C26H29N3O4/c1-17-13-19(11-12-24(17)30)23-15-22(28-26(32)29-23)18-7-6-10-21(14-18)33-16-25(31)27-20-8-4-2-3-5-9-20/h6-7,10-15,20,30H,2-5,8-9,16H2,1H3,(H,27,31)(H,28,29,32). The van der Waals surface area contributed by atoms with Crippen molar-refractivity contribution in [3.8, 4) is 34.0 Å². The first-order valence-electron chi connectivity index (χ1n) is 11.4. The zero-order valence-electron chi connectivity index (χ0n) is 18.8. The van der Waals surface area contributed by atoms with Crippen LogP contribution in [0.5, 0.6) is 11.5 Å². The summed E-state index contributed by atoms with van der Waals surface area (Å²) in [5, 5.41) is 12.9. The van der Waals surface area contributed by atoms with Crippen molar-refractivity contribution in [3.63, 3.8) is 0 Å². The molecule has 1 fully saturated rings. The van der Waals surface area contributed by atoms with E-state index in [1.54, 1.807) is 43.3 Å². The maximum absolute atomic E-state index is 12.3. The fraction of sp³-hybridized carbons (Fsp3) is 0.346. The second kappa shape index (κ2) is 10.3. The van der Waals surface area contributed by atoms with Gasteiger partial charge in [0.25, 0.3) is 5.91 Å². The van der Waals surface area contributed by atoms with Crippen LogP contribution in [0.15, 0.2) is 53.3 Å². The number of phenolic OH excluding ortho intramolecular Hbond substituents is 1. The molecule has 0 saturated heterocycles. The SMILES string of the molecule is Cc1cc(-c2cc(-c3cccc(OCC(=O)NC4CCCCCC4)c3)[nH]c(=O)n2)ccc1O. The van der Waals surface area contributed by atoms with Crippen LogP contribution in [0, 0.1) is 6.92 Å². The van der Waals surface area contributed by atoms with Crippen LogP contribution in [0.25, 0.3) is 22.5 Å². The number of hydrogen-bond acceptors (Lipinski definition) is 5. The lowest BCUT2D eigenvalue weighted by atomic mass is 10.1. The van der Waals surface area contributed by atoms with E-state index in [0.717, 1.165) is 36.8 Å². The highest BCUT2D eigenvalue weighted by Crippen LogP contribution is 2.27. The first-order chi connectivity index (χ1) is 16.0. The number of benzene rings is 2. The Hall–Kier alpha value is -3.61. The third kappa shape index (κ3) is 6.00. The number of hydrogen-bond donors (Lipinski definition) is 3. The van der Waals surface area contributed by atoms with Crippen LogP contribution in [0.2, 0.25) is 0 Å². The molecule has 0 spiro atoms. The number of ether oxygens (including phenoxy) is 1. The molecule has 0 atom stereocenters. The summed E-state index contributed by atoms with van der Waals surface area (Å²) in [6.07, 6.45) is 6.84. The van der Waals surface area contributed by atoms with Crippen molar-refractivity contribution in [1.82, 2.24) is 15.3 Å². The monoisotopic (exact) mass is 447 g/mol. The van der Waals surface area contributed by atoms with Gasteiger partial charge < -0.3 is 20.1 Å². The first kappa shape index (κ1) is 22.6. The number of nitrogens with one attached hydrogen (secondary N) is 2. The van der Waals surface area contributed by atoms with Crippen molar-refractivity contribution < 1.29 is 14.6 Å². The maximum Gasteiger partial charge on any atom is 0.345 e. The Morgan fingerprint density at radius 2 is 1.88 bits per heavy atom. The van der Waals surface area contributed by atoms with E-state index in [0.29, 0.717) is 22.7 Å². The molecule has 0 unspecified atom stereocenters. The van der Waals surface area contributed by atoms with E-state index in [9.17, 15) is 14.7 Å². The third-order valence-corrected chi connectivity index (χ3v) is 5.97. The normalized spacial score (nSPS) is 14.5. The highest BCUT2D eigenvalue weighted by molar-refractivity contribution is 5.78. The molecule has 2 aromatic carbocycles. The molecule has 1 aromatic heterocycles. The molecule has 4 rings (SSSR count). The number of aromatic hydroxyl groups is 1. The molecule has 1 aliphatic carbocycles. The van der Waals surface area contributed by atoms with Crippen LogP contribution < -0.4 is 15.7 Å². The van der Waals surface area contributed by atoms with Crippen LogP contribution in [-0.2, 0) is 4.79 Å². The number of rotatable bonds is 6. The van der Waals surface area contributed by atoms with Crippen molar-refractivity contribution in [1.29, 1.82) is 0 Å². The highest BCUT2D eigenvalue weighted by Gasteiger charge is 2.15. The molecular formula is C26H29N3O4. The van der Waals surface area contributed by atoms with E-state index < -0.39 is 5.69 Å². The summed E-state index contributed by atoms with van der Waals surface area (Å²) >= 11 is 0. The molecule has 1 aliphatic rings. The van der Waals surface area contributed by atoms with Gasteiger partial charge in [-0.15, -0.1) is 0 Å². The summed E-state index contributed by atoms with van der Waals surface area (Å²) in [7, 11) is 0. The predicted octanol–water partition coefficient (Wildman–Crippen LogP) is 4.34. The van der Waals surface area contributed by atoms with Gasteiger partial charge in [-0.25, -0.2) is 4.79 Å². The van der Waals surface area contributed by atoms with Crippen molar-refractivity contribution in [2.24, 2.45) is 0 Å². The van der Waals surface area contributed by atoms with Gasteiger partial charge in [0.1, 0.15) is 11.5 Å². The van der Waals surface area contributed by atoms with Gasteiger partial charge in [-0.05, 0) is 61.7 Å². The minimum atomic E-state index is -0.470. The Labute approximate surface area is 192 Å². The first-order valence-corrected chi connectivity index (χ1v) is 11.4. The largest absolute Gasteiger partial charge is 0.508 e. The second-order valence-electron chi connectivity index (χ2n) is 8.56. The summed E-state index contributed by atoms with van der Waals surface area (Å²) in [6.45, 7) is 1.74. The van der Waals surface area contributed by atoms with Gasteiger partial charge in [-0.1, -0.05) is 37.8 Å². The van der Waals surface area contributed by atoms with Crippen molar-refractivity contribution in [2.45, 2.75) is 51.5 Å². The maximum atomic E-state index is 12.3. The van der Waals surface area contributed by atoms with E-state index in [1.807, 2.05) is 12.1 Å². The molecule has 33 heavy (non-hydrogen) atoms. The van der Waals surface area contributed by atoms with Gasteiger partial charge in [0.2, 0.25) is 0 Å². The molecule has 0 bridgehead atoms. The van der Waals surface area contributed by atoms with E-state index in [1.165, 1.54) is 12.8 Å². The lowest BCUT2D eigenvalue weighted by Gasteiger charge is -2.16. The summed E-state index contributed by atoms with van der Waals surface area (Å²) in [4.78, 5) is 31.4. The number of aromatic amines is 1. The Morgan fingerprint density at radius 3 is 2.64 bits per heavy atom. The number of nitrogens with zero attached hydrogens (tertiary/aromatic N) is 1. The van der Waals surface area contributed by atoms with E-state index in [-0.39, 0.29) is 24.3 Å². The molecule has 0 aliphatic heterocycles.